The van der Waals surface area contributed by atoms with Crippen LogP contribution in [0.15, 0.2) is 26.9 Å². The van der Waals surface area contributed by atoms with Gasteiger partial charge in [0.15, 0.2) is 23.1 Å². The van der Waals surface area contributed by atoms with Gasteiger partial charge in [-0.15, -0.1) is 0 Å². The number of thioether (sulfide) groups is 1. The Hall–Kier alpha value is -3.05. The number of rotatable bonds is 9. The molecule has 1 fully saturated rings. The lowest BCUT2D eigenvalue weighted by molar-refractivity contribution is -0.118. The van der Waals surface area contributed by atoms with Gasteiger partial charge in [-0.1, -0.05) is 23.7 Å². The Morgan fingerprint density at radius 1 is 1.32 bits per heavy atom. The number of hydrogen-bond donors (Lipinski definition) is 1. The number of carbonyl (C=O) groups excluding carboxylic acids is 2. The molecule has 1 unspecified atom stereocenters. The summed E-state index contributed by atoms with van der Waals surface area (Å²) in [5.41, 5.74) is -1.89. The number of Topliss-reactive ketones (excluding diaryl/α,β-unsaturated/α-hetero) is 2. The molecule has 12 heteroatoms. The van der Waals surface area contributed by atoms with Crippen LogP contribution in [0.2, 0.25) is 5.02 Å². The number of ketones is 2. The van der Waals surface area contributed by atoms with Crippen LogP contribution in [0.5, 0.6) is 17.2 Å². The van der Waals surface area contributed by atoms with Gasteiger partial charge in [-0.2, -0.15) is 16.7 Å². The smallest absolute Gasteiger partial charge is 0.251 e. The Balaban J connectivity index is 1.55. The summed E-state index contributed by atoms with van der Waals surface area (Å²) < 4.78 is 22.3. The summed E-state index contributed by atoms with van der Waals surface area (Å²) in [6.07, 6.45) is 5.86. The topological polar surface area (TPSA) is 133 Å². The number of nitrogens with zero attached hydrogens (tertiary/aromatic N) is 3. The number of aliphatic hydroxyl groups is 1. The molecule has 5 rings (SSSR count). The third-order valence-corrected chi connectivity index (χ3v) is 8.18. The number of aliphatic hydroxyl groups excluding tert-OH is 1. The second kappa shape index (κ2) is 10.3. The van der Waals surface area contributed by atoms with E-state index in [4.69, 9.17) is 30.3 Å². The van der Waals surface area contributed by atoms with Crippen molar-refractivity contribution in [2.45, 2.75) is 50.2 Å². The first-order valence-corrected chi connectivity index (χ1v) is 14.0. The third kappa shape index (κ3) is 4.25. The van der Waals surface area contributed by atoms with Crippen LogP contribution < -0.4 is 14.2 Å². The SMILES string of the molecule is COc1cc(OC)c2c(c1Cl)O[C@]1(C2=O)C(O)=C(C=NC(CCSC)c2nc(C3CC3)no2)C(=O)C[C@H]1C. The largest absolute Gasteiger partial charge is 0.507 e. The minimum atomic E-state index is -1.86. The average Bonchev–Trinajstić information content (AvgIpc) is 3.55. The van der Waals surface area contributed by atoms with Crippen LogP contribution in [0, 0.1) is 5.92 Å². The summed E-state index contributed by atoms with van der Waals surface area (Å²) in [7, 11) is 2.83. The highest BCUT2D eigenvalue weighted by Gasteiger charge is 2.60. The van der Waals surface area contributed by atoms with Crippen molar-refractivity contribution in [3.8, 4) is 17.2 Å². The molecule has 38 heavy (non-hydrogen) atoms. The molecule has 1 saturated carbocycles. The van der Waals surface area contributed by atoms with Crippen molar-refractivity contribution in [2.24, 2.45) is 10.9 Å². The van der Waals surface area contributed by atoms with E-state index in [0.717, 1.165) is 18.6 Å². The van der Waals surface area contributed by atoms with Crippen LogP contribution in [-0.2, 0) is 4.79 Å². The molecule has 1 aromatic carbocycles. The number of halogens is 1. The molecule has 1 aromatic heterocycles. The van der Waals surface area contributed by atoms with Gasteiger partial charge in [0.1, 0.15) is 28.1 Å². The second-order valence-corrected chi connectivity index (χ2v) is 11.0. The number of hydrogen-bond acceptors (Lipinski definition) is 11. The van der Waals surface area contributed by atoms with Crippen LogP contribution in [0.4, 0.5) is 0 Å². The van der Waals surface area contributed by atoms with Gasteiger partial charge < -0.3 is 23.8 Å². The summed E-state index contributed by atoms with van der Waals surface area (Å²) in [6, 6.07) is 0.974. The fourth-order valence-corrected chi connectivity index (χ4v) is 5.58. The van der Waals surface area contributed by atoms with Crippen LogP contribution in [0.25, 0.3) is 0 Å². The molecule has 1 aliphatic heterocycles. The molecule has 0 radical (unpaired) electrons. The lowest BCUT2D eigenvalue weighted by Gasteiger charge is -2.36. The number of ether oxygens (including phenoxy) is 3. The van der Waals surface area contributed by atoms with E-state index in [9.17, 15) is 14.7 Å². The fourth-order valence-electron chi connectivity index (χ4n) is 4.86. The van der Waals surface area contributed by atoms with Gasteiger partial charge in [0.05, 0.1) is 19.8 Å². The van der Waals surface area contributed by atoms with E-state index in [1.165, 1.54) is 26.5 Å². The molecule has 0 amide bonds. The first-order valence-electron chi connectivity index (χ1n) is 12.3. The number of methoxy groups -OCH3 is 2. The molecule has 2 aliphatic carbocycles. The molecule has 3 atom stereocenters. The van der Waals surface area contributed by atoms with E-state index < -0.39 is 29.1 Å². The van der Waals surface area contributed by atoms with Crippen LogP contribution in [0.1, 0.15) is 66.6 Å². The monoisotopic (exact) mass is 561 g/mol. The summed E-state index contributed by atoms with van der Waals surface area (Å²) in [6.45, 7) is 1.67. The fraction of sp³-hybridized carbons (Fsp3) is 0.500. The lowest BCUT2D eigenvalue weighted by Crippen LogP contribution is -2.52. The number of aliphatic imine (C=N–C) groups is 1. The predicted molar refractivity (Wildman–Crippen MR) is 141 cm³/mol. The maximum Gasteiger partial charge on any atom is 0.251 e. The molecular weight excluding hydrogens is 534 g/mol. The maximum atomic E-state index is 13.9. The molecule has 10 nitrogen and oxygen atoms in total. The zero-order valence-corrected chi connectivity index (χ0v) is 23.0. The van der Waals surface area contributed by atoms with Crippen LogP contribution in [0.3, 0.4) is 0 Å². The van der Waals surface area contributed by atoms with Gasteiger partial charge in [0.2, 0.25) is 11.4 Å². The van der Waals surface area contributed by atoms with Crippen molar-refractivity contribution < 1.29 is 33.4 Å². The first kappa shape index (κ1) is 26.6. The predicted octanol–water partition coefficient (Wildman–Crippen LogP) is 4.92. The van der Waals surface area contributed by atoms with Crippen molar-refractivity contribution in [2.75, 3.05) is 26.2 Å². The summed E-state index contributed by atoms with van der Waals surface area (Å²) in [5, 5.41) is 15.6. The highest BCUT2D eigenvalue weighted by Crippen LogP contribution is 2.54. The van der Waals surface area contributed by atoms with Crippen molar-refractivity contribution in [3.05, 3.63) is 39.7 Å². The van der Waals surface area contributed by atoms with Gasteiger partial charge in [-0.05, 0) is 31.3 Å². The normalized spacial score (nSPS) is 23.8. The van der Waals surface area contributed by atoms with Gasteiger partial charge >= 0.3 is 0 Å². The number of allylic oxidation sites excluding steroid dienone is 1. The Morgan fingerprint density at radius 3 is 2.71 bits per heavy atom. The molecule has 0 bridgehead atoms. The number of aromatic nitrogens is 2. The molecule has 3 aliphatic rings. The Kier molecular flexibility index (Phi) is 7.17. The Morgan fingerprint density at radius 2 is 2.05 bits per heavy atom. The van der Waals surface area contributed by atoms with Crippen molar-refractivity contribution in [1.29, 1.82) is 0 Å². The minimum Gasteiger partial charge on any atom is -0.507 e. The molecule has 1 N–H and O–H groups in total. The van der Waals surface area contributed by atoms with E-state index in [0.29, 0.717) is 24.1 Å². The molecule has 1 spiro atoms. The average molecular weight is 562 g/mol. The molecule has 2 heterocycles. The lowest BCUT2D eigenvalue weighted by atomic mass is 9.73. The Labute approximate surface area is 228 Å². The number of fused-ring (bicyclic) bond motifs is 1. The summed E-state index contributed by atoms with van der Waals surface area (Å²) >= 11 is 8.12. The van der Waals surface area contributed by atoms with E-state index in [1.54, 1.807) is 18.7 Å². The van der Waals surface area contributed by atoms with E-state index in [-0.39, 0.29) is 45.6 Å². The third-order valence-electron chi connectivity index (χ3n) is 7.18. The highest BCUT2D eigenvalue weighted by molar-refractivity contribution is 7.98. The maximum absolute atomic E-state index is 13.9. The zero-order chi connectivity index (χ0) is 27.2. The van der Waals surface area contributed by atoms with Crippen LogP contribution >= 0.6 is 23.4 Å². The number of benzene rings is 1. The molecular formula is C26H28ClN3O7S. The molecule has 0 saturated heterocycles. The van der Waals surface area contributed by atoms with Crippen molar-refractivity contribution >= 4 is 41.1 Å². The minimum absolute atomic E-state index is 0.0354. The zero-order valence-electron chi connectivity index (χ0n) is 21.4. The van der Waals surface area contributed by atoms with Gasteiger partial charge in [0, 0.05) is 30.5 Å². The summed E-state index contributed by atoms with van der Waals surface area (Å²) in [4.78, 5) is 36.0. The van der Waals surface area contributed by atoms with Gasteiger partial charge in [-0.25, -0.2) is 0 Å². The van der Waals surface area contributed by atoms with E-state index >= 15 is 0 Å². The van der Waals surface area contributed by atoms with Crippen LogP contribution in [-0.4, -0.2) is 64.9 Å². The quantitative estimate of drug-likeness (QED) is 0.420. The standard InChI is InChI=1S/C26H28ClN3O7S/c1-12-9-16(31)14(11-28-15(7-8-38-4)25-29-24(30-37-25)13-5-6-13)22(32)26(12)23(33)19-17(34-2)10-18(35-3)20(27)21(19)36-26/h10-13,15,32H,5-9H2,1-4H3/t12-,15?,26+/m1/s1. The van der Waals surface area contributed by atoms with Gasteiger partial charge in [0.25, 0.3) is 5.89 Å². The number of carbonyl (C=O) groups is 2. The van der Waals surface area contributed by atoms with E-state index in [1.807, 2.05) is 6.26 Å². The summed E-state index contributed by atoms with van der Waals surface area (Å²) in [5.74, 6) is 0.453. The van der Waals surface area contributed by atoms with Crippen molar-refractivity contribution in [1.82, 2.24) is 10.1 Å². The van der Waals surface area contributed by atoms with Crippen molar-refractivity contribution in [3.63, 3.8) is 0 Å². The Bertz CT molecular complexity index is 1350. The molecule has 2 aromatic rings. The van der Waals surface area contributed by atoms with E-state index in [2.05, 4.69) is 15.1 Å². The highest BCUT2D eigenvalue weighted by atomic mass is 35.5. The second-order valence-electron chi connectivity index (χ2n) is 9.60. The van der Waals surface area contributed by atoms with Gasteiger partial charge in [-0.3, -0.25) is 14.6 Å². The first-order chi connectivity index (χ1) is 18.3. The molecule has 202 valence electrons.